The standard InChI is InChI=1S/C21H22N6O2/c1-15-24-19(29-25-15)18-11-26(10-16-5-3-2-4-6-16)12-21(18)13-27(14-21)20(28)17-7-8-22-23-9-17/h2-9,18H,10-14H2,1H3. The van der Waals surface area contributed by atoms with E-state index in [1.807, 2.05) is 17.9 Å². The predicted octanol–water partition coefficient (Wildman–Crippen LogP) is 1.91. The first-order valence-corrected chi connectivity index (χ1v) is 9.75. The van der Waals surface area contributed by atoms with Gasteiger partial charge in [-0.2, -0.15) is 15.2 Å². The maximum Gasteiger partial charge on any atom is 0.255 e. The monoisotopic (exact) mass is 390 g/mol. The Balaban J connectivity index is 1.36. The van der Waals surface area contributed by atoms with Crippen LogP contribution in [0.3, 0.4) is 0 Å². The molecule has 8 heteroatoms. The van der Waals surface area contributed by atoms with Gasteiger partial charge in [0.1, 0.15) is 0 Å². The highest BCUT2D eigenvalue weighted by Crippen LogP contribution is 2.49. The summed E-state index contributed by atoms with van der Waals surface area (Å²) < 4.78 is 5.55. The second-order valence-electron chi connectivity index (χ2n) is 8.04. The first-order valence-electron chi connectivity index (χ1n) is 9.75. The number of aromatic nitrogens is 4. The van der Waals surface area contributed by atoms with Crippen LogP contribution in [-0.4, -0.2) is 62.2 Å². The summed E-state index contributed by atoms with van der Waals surface area (Å²) in [6.07, 6.45) is 3.06. The SMILES string of the molecule is Cc1noc(C2CN(Cc3ccccc3)CC23CN(C(=O)c2ccnnc2)C3)n1. The summed E-state index contributed by atoms with van der Waals surface area (Å²) in [6.45, 7) is 5.79. The Morgan fingerprint density at radius 3 is 2.69 bits per heavy atom. The van der Waals surface area contributed by atoms with Crippen LogP contribution in [-0.2, 0) is 6.54 Å². The Bertz CT molecular complexity index is 1000. The highest BCUT2D eigenvalue weighted by molar-refractivity contribution is 5.94. The Hall–Kier alpha value is -3.13. The molecule has 1 spiro atoms. The molecule has 5 rings (SSSR count). The zero-order valence-electron chi connectivity index (χ0n) is 16.2. The van der Waals surface area contributed by atoms with Crippen LogP contribution < -0.4 is 0 Å². The lowest BCUT2D eigenvalue weighted by Gasteiger charge is -2.50. The number of nitrogens with zero attached hydrogens (tertiary/aromatic N) is 6. The molecule has 2 aliphatic heterocycles. The van der Waals surface area contributed by atoms with Crippen molar-refractivity contribution in [2.24, 2.45) is 5.41 Å². The van der Waals surface area contributed by atoms with Crippen molar-refractivity contribution in [3.8, 4) is 0 Å². The van der Waals surface area contributed by atoms with Crippen molar-refractivity contribution < 1.29 is 9.32 Å². The molecular weight excluding hydrogens is 368 g/mol. The number of carbonyl (C=O) groups excluding carboxylic acids is 1. The van der Waals surface area contributed by atoms with Crippen LogP contribution >= 0.6 is 0 Å². The Morgan fingerprint density at radius 2 is 2.00 bits per heavy atom. The molecule has 8 nitrogen and oxygen atoms in total. The molecule has 2 saturated heterocycles. The summed E-state index contributed by atoms with van der Waals surface area (Å²) >= 11 is 0. The van der Waals surface area contributed by atoms with E-state index in [0.29, 0.717) is 30.4 Å². The number of likely N-dealkylation sites (tertiary alicyclic amines) is 2. The largest absolute Gasteiger partial charge is 0.339 e. The molecule has 2 aromatic heterocycles. The number of benzene rings is 1. The molecule has 2 fully saturated rings. The maximum atomic E-state index is 12.8. The van der Waals surface area contributed by atoms with Crippen LogP contribution in [0.1, 0.15) is 33.6 Å². The van der Waals surface area contributed by atoms with Gasteiger partial charge in [0.05, 0.1) is 23.9 Å². The number of carbonyl (C=O) groups is 1. The summed E-state index contributed by atoms with van der Waals surface area (Å²) in [6, 6.07) is 12.1. The quantitative estimate of drug-likeness (QED) is 0.672. The first kappa shape index (κ1) is 17.9. The summed E-state index contributed by atoms with van der Waals surface area (Å²) in [7, 11) is 0. The third kappa shape index (κ3) is 3.29. The van der Waals surface area contributed by atoms with Crippen molar-refractivity contribution in [2.45, 2.75) is 19.4 Å². The molecule has 0 bridgehead atoms. The van der Waals surface area contributed by atoms with E-state index in [4.69, 9.17) is 4.52 Å². The maximum absolute atomic E-state index is 12.8. The van der Waals surface area contributed by atoms with Gasteiger partial charge in [-0.3, -0.25) is 9.69 Å². The lowest BCUT2D eigenvalue weighted by molar-refractivity contribution is -0.00129. The third-order valence-corrected chi connectivity index (χ3v) is 5.94. The van der Waals surface area contributed by atoms with Gasteiger partial charge in [-0.1, -0.05) is 35.5 Å². The number of hydrogen-bond acceptors (Lipinski definition) is 7. The summed E-state index contributed by atoms with van der Waals surface area (Å²) in [5.41, 5.74) is 1.78. The molecule has 4 heterocycles. The van der Waals surface area contributed by atoms with Gasteiger partial charge >= 0.3 is 0 Å². The zero-order chi connectivity index (χ0) is 19.8. The normalized spacial score (nSPS) is 20.7. The molecule has 148 valence electrons. The second-order valence-corrected chi connectivity index (χ2v) is 8.04. The zero-order valence-corrected chi connectivity index (χ0v) is 16.2. The lowest BCUT2D eigenvalue weighted by Crippen LogP contribution is -2.61. The topological polar surface area (TPSA) is 88.3 Å². The number of rotatable bonds is 4. The van der Waals surface area contributed by atoms with Gasteiger partial charge in [-0.15, -0.1) is 0 Å². The van der Waals surface area contributed by atoms with Crippen LogP contribution in [0.2, 0.25) is 0 Å². The van der Waals surface area contributed by atoms with Gasteiger partial charge < -0.3 is 9.42 Å². The average molecular weight is 390 g/mol. The Labute approximate surface area is 168 Å². The summed E-state index contributed by atoms with van der Waals surface area (Å²) in [5.74, 6) is 1.43. The van der Waals surface area contributed by atoms with Crippen molar-refractivity contribution in [1.82, 2.24) is 30.1 Å². The van der Waals surface area contributed by atoms with E-state index >= 15 is 0 Å². The lowest BCUT2D eigenvalue weighted by atomic mass is 9.71. The molecule has 1 aromatic carbocycles. The number of hydrogen-bond donors (Lipinski definition) is 0. The van der Waals surface area contributed by atoms with Crippen molar-refractivity contribution in [3.63, 3.8) is 0 Å². The highest BCUT2D eigenvalue weighted by Gasteiger charge is 2.57. The second kappa shape index (κ2) is 7.04. The summed E-state index contributed by atoms with van der Waals surface area (Å²) in [5, 5.41) is 11.6. The number of aryl methyl sites for hydroxylation is 1. The molecule has 3 aromatic rings. The van der Waals surface area contributed by atoms with Crippen LogP contribution in [0.15, 0.2) is 53.3 Å². The molecule has 1 unspecified atom stereocenters. The van der Waals surface area contributed by atoms with Gasteiger partial charge in [0, 0.05) is 38.1 Å². The average Bonchev–Trinajstić information content (AvgIpc) is 3.31. The van der Waals surface area contributed by atoms with Crippen molar-refractivity contribution >= 4 is 5.91 Å². The number of amides is 1. The Morgan fingerprint density at radius 1 is 1.17 bits per heavy atom. The fourth-order valence-electron chi connectivity index (χ4n) is 4.61. The van der Waals surface area contributed by atoms with Crippen LogP contribution in [0, 0.1) is 12.3 Å². The predicted molar refractivity (Wildman–Crippen MR) is 104 cm³/mol. The molecule has 29 heavy (non-hydrogen) atoms. The molecule has 0 radical (unpaired) electrons. The van der Waals surface area contributed by atoms with Crippen LogP contribution in [0.4, 0.5) is 0 Å². The Kier molecular flexibility index (Phi) is 4.35. The van der Waals surface area contributed by atoms with E-state index in [-0.39, 0.29) is 17.2 Å². The van der Waals surface area contributed by atoms with Gasteiger partial charge in [-0.05, 0) is 18.6 Å². The molecule has 0 N–H and O–H groups in total. The van der Waals surface area contributed by atoms with Gasteiger partial charge in [0.2, 0.25) is 5.89 Å². The molecule has 0 aliphatic carbocycles. The molecule has 2 aliphatic rings. The van der Waals surface area contributed by atoms with E-state index in [9.17, 15) is 4.79 Å². The minimum absolute atomic E-state index is 0.00695. The third-order valence-electron chi connectivity index (χ3n) is 5.94. The fourth-order valence-corrected chi connectivity index (χ4v) is 4.61. The van der Waals surface area contributed by atoms with Crippen molar-refractivity contribution in [3.05, 3.63) is 71.6 Å². The van der Waals surface area contributed by atoms with E-state index in [2.05, 4.69) is 49.5 Å². The molecule has 0 saturated carbocycles. The van der Waals surface area contributed by atoms with Crippen molar-refractivity contribution in [2.75, 3.05) is 26.2 Å². The minimum atomic E-state index is -0.0656. The van der Waals surface area contributed by atoms with E-state index in [1.165, 1.54) is 11.8 Å². The molecule has 1 amide bonds. The van der Waals surface area contributed by atoms with Crippen LogP contribution in [0.5, 0.6) is 0 Å². The van der Waals surface area contributed by atoms with Gasteiger partial charge in [0.15, 0.2) is 5.82 Å². The van der Waals surface area contributed by atoms with Gasteiger partial charge in [0.25, 0.3) is 5.91 Å². The summed E-state index contributed by atoms with van der Waals surface area (Å²) in [4.78, 5) is 21.6. The molecule has 1 atom stereocenters. The highest BCUT2D eigenvalue weighted by atomic mass is 16.5. The van der Waals surface area contributed by atoms with Crippen molar-refractivity contribution in [1.29, 1.82) is 0 Å². The first-order chi connectivity index (χ1) is 14.1. The minimum Gasteiger partial charge on any atom is -0.339 e. The van der Waals surface area contributed by atoms with E-state index < -0.39 is 0 Å². The molecular formula is C21H22N6O2. The van der Waals surface area contributed by atoms with Crippen LogP contribution in [0.25, 0.3) is 0 Å². The fraction of sp³-hybridized carbons (Fsp3) is 0.381. The van der Waals surface area contributed by atoms with E-state index in [0.717, 1.165) is 19.6 Å². The smallest absolute Gasteiger partial charge is 0.255 e. The van der Waals surface area contributed by atoms with Gasteiger partial charge in [-0.25, -0.2) is 0 Å². The van der Waals surface area contributed by atoms with E-state index in [1.54, 1.807) is 12.3 Å².